The molecule has 0 radical (unpaired) electrons. The summed E-state index contributed by atoms with van der Waals surface area (Å²) in [6.07, 6.45) is 0. The van der Waals surface area contributed by atoms with Gasteiger partial charge in [0.15, 0.2) is 0 Å². The van der Waals surface area contributed by atoms with Crippen LogP contribution < -0.4 is 10.1 Å². The maximum absolute atomic E-state index is 12.2. The van der Waals surface area contributed by atoms with Gasteiger partial charge < -0.3 is 4.74 Å². The summed E-state index contributed by atoms with van der Waals surface area (Å²) in [6.45, 7) is 0.344. The second-order valence-corrected chi connectivity index (χ2v) is 6.45. The van der Waals surface area contributed by atoms with Crippen LogP contribution in [0.15, 0.2) is 35.1 Å². The number of hydrogen-bond acceptors (Lipinski definition) is 7. The number of aromatic nitrogens is 2. The fourth-order valence-corrected chi connectivity index (χ4v) is 3.42. The number of nitrogens with one attached hydrogen (secondary N) is 1. The number of methoxy groups -OCH3 is 1. The number of nitrogens with zero attached hydrogens (tertiary/aromatic N) is 2. The number of ether oxygens (including phenoxy) is 1. The largest absolute Gasteiger partial charge is 0.377 e. The van der Waals surface area contributed by atoms with Gasteiger partial charge in [-0.3, -0.25) is 14.9 Å². The van der Waals surface area contributed by atoms with Crippen LogP contribution in [0, 0.1) is 0 Å². The van der Waals surface area contributed by atoms with Crippen LogP contribution in [0.2, 0.25) is 0 Å². The molecule has 0 spiro atoms. The van der Waals surface area contributed by atoms with Gasteiger partial charge in [-0.2, -0.15) is 0 Å². The van der Waals surface area contributed by atoms with Gasteiger partial charge in [0.1, 0.15) is 11.6 Å². The predicted molar refractivity (Wildman–Crippen MR) is 86.7 cm³/mol. The number of carbonyl (C=O) groups is 1. The number of anilines is 1. The molecule has 8 heteroatoms. The molecule has 0 unspecified atom stereocenters. The molecule has 0 saturated carbocycles. The van der Waals surface area contributed by atoms with Gasteiger partial charge in [-0.15, -0.1) is 10.2 Å². The van der Waals surface area contributed by atoms with E-state index >= 15 is 0 Å². The molecule has 1 amide bonds. The monoisotopic (exact) mass is 333 g/mol. The van der Waals surface area contributed by atoms with Crippen LogP contribution in [0.25, 0.3) is 10.8 Å². The van der Waals surface area contributed by atoms with Crippen LogP contribution in [-0.4, -0.2) is 23.2 Å². The Balaban J connectivity index is 1.86. The van der Waals surface area contributed by atoms with Crippen LogP contribution in [0.4, 0.5) is 5.13 Å². The first kappa shape index (κ1) is 14.8. The van der Waals surface area contributed by atoms with Gasteiger partial charge in [-0.05, 0) is 17.5 Å². The van der Waals surface area contributed by atoms with Crippen LogP contribution in [0.3, 0.4) is 0 Å². The van der Waals surface area contributed by atoms with Gasteiger partial charge in [-0.25, -0.2) is 0 Å². The average Bonchev–Trinajstić information content (AvgIpc) is 2.95. The molecule has 1 aromatic carbocycles. The zero-order valence-corrected chi connectivity index (χ0v) is 13.2. The Hall–Kier alpha value is -2.16. The normalized spacial score (nSPS) is 10.8. The smallest absolute Gasteiger partial charge is 0.267 e. The standard InChI is InChI=1S/C14H11N3O3S2/c1-20-7-11-16-17-14(22-11)15-12(18)10-6-8-4-2-3-5-9(8)13(19)21-10/h2-6H,7H2,1H3,(H,15,17,18). The molecule has 3 rings (SSSR count). The molecule has 6 nitrogen and oxygen atoms in total. The third-order valence-corrected chi connectivity index (χ3v) is 4.59. The summed E-state index contributed by atoms with van der Waals surface area (Å²) in [5.41, 5.74) is 0. The third-order valence-electron chi connectivity index (χ3n) is 2.85. The number of carbonyl (C=O) groups excluding carboxylic acids is 1. The molecule has 0 fully saturated rings. The van der Waals surface area contributed by atoms with Crippen molar-refractivity contribution in [2.75, 3.05) is 12.4 Å². The van der Waals surface area contributed by atoms with Crippen molar-refractivity contribution in [3.8, 4) is 0 Å². The molecule has 22 heavy (non-hydrogen) atoms. The number of benzene rings is 1. The maximum Gasteiger partial charge on any atom is 0.267 e. The zero-order valence-electron chi connectivity index (χ0n) is 11.5. The molecular formula is C14H11N3O3S2. The van der Waals surface area contributed by atoms with E-state index in [1.807, 2.05) is 12.1 Å². The van der Waals surface area contributed by atoms with Crippen molar-refractivity contribution in [3.05, 3.63) is 49.8 Å². The minimum Gasteiger partial charge on any atom is -0.377 e. The molecule has 0 saturated heterocycles. The number of amides is 1. The van der Waals surface area contributed by atoms with Crippen LogP contribution in [-0.2, 0) is 11.3 Å². The number of rotatable bonds is 4. The Labute approximate surface area is 133 Å². The third kappa shape index (κ3) is 3.03. The van der Waals surface area contributed by atoms with Crippen molar-refractivity contribution in [1.29, 1.82) is 0 Å². The van der Waals surface area contributed by atoms with E-state index in [0.29, 0.717) is 27.0 Å². The lowest BCUT2D eigenvalue weighted by Crippen LogP contribution is -2.12. The number of hydrogen-bond donors (Lipinski definition) is 1. The predicted octanol–water partition coefficient (Wildman–Crippen LogP) is 2.51. The highest BCUT2D eigenvalue weighted by atomic mass is 32.1. The lowest BCUT2D eigenvalue weighted by atomic mass is 10.2. The van der Waals surface area contributed by atoms with Crippen molar-refractivity contribution in [2.45, 2.75) is 6.61 Å². The van der Waals surface area contributed by atoms with Gasteiger partial charge in [0.05, 0.1) is 4.88 Å². The van der Waals surface area contributed by atoms with Gasteiger partial charge in [0, 0.05) is 12.5 Å². The average molecular weight is 333 g/mol. The summed E-state index contributed by atoms with van der Waals surface area (Å²) in [4.78, 5) is 24.6. The van der Waals surface area contributed by atoms with Gasteiger partial charge in [0.25, 0.3) is 5.91 Å². The number of fused-ring (bicyclic) bond motifs is 1. The molecule has 1 N–H and O–H groups in total. The summed E-state index contributed by atoms with van der Waals surface area (Å²) >= 11 is 2.15. The van der Waals surface area contributed by atoms with E-state index in [-0.39, 0.29) is 10.6 Å². The van der Waals surface area contributed by atoms with Gasteiger partial charge in [-0.1, -0.05) is 40.9 Å². The van der Waals surface area contributed by atoms with E-state index in [4.69, 9.17) is 4.74 Å². The summed E-state index contributed by atoms with van der Waals surface area (Å²) < 4.78 is 4.81. The van der Waals surface area contributed by atoms with Crippen LogP contribution >= 0.6 is 22.7 Å². The van der Waals surface area contributed by atoms with E-state index in [9.17, 15) is 9.59 Å². The topological polar surface area (TPSA) is 81.2 Å². The van der Waals surface area contributed by atoms with Crippen molar-refractivity contribution in [3.63, 3.8) is 0 Å². The molecule has 2 heterocycles. The van der Waals surface area contributed by atoms with Gasteiger partial charge in [0.2, 0.25) is 9.87 Å². The minimum absolute atomic E-state index is 0.138. The highest BCUT2D eigenvalue weighted by molar-refractivity contribution is 7.15. The van der Waals surface area contributed by atoms with Crippen LogP contribution in [0.5, 0.6) is 0 Å². The Morgan fingerprint density at radius 2 is 2.09 bits per heavy atom. The van der Waals surface area contributed by atoms with E-state index < -0.39 is 0 Å². The molecule has 0 aliphatic rings. The first-order valence-electron chi connectivity index (χ1n) is 6.33. The SMILES string of the molecule is COCc1nnc(NC(=O)c2cc3ccccc3c(=O)s2)s1. The molecule has 112 valence electrons. The lowest BCUT2D eigenvalue weighted by Gasteiger charge is -2.02. The van der Waals surface area contributed by atoms with E-state index in [2.05, 4.69) is 15.5 Å². The summed E-state index contributed by atoms with van der Waals surface area (Å²) in [6, 6.07) is 8.89. The van der Waals surface area contributed by atoms with E-state index in [1.54, 1.807) is 25.3 Å². The molecule has 0 atom stereocenters. The van der Waals surface area contributed by atoms with Crippen molar-refractivity contribution in [2.24, 2.45) is 0 Å². The van der Waals surface area contributed by atoms with Gasteiger partial charge >= 0.3 is 0 Å². The van der Waals surface area contributed by atoms with Crippen molar-refractivity contribution < 1.29 is 9.53 Å². The Morgan fingerprint density at radius 3 is 2.91 bits per heavy atom. The first-order valence-corrected chi connectivity index (χ1v) is 7.96. The zero-order chi connectivity index (χ0) is 15.5. The van der Waals surface area contributed by atoms with Crippen molar-refractivity contribution >= 4 is 44.5 Å². The second kappa shape index (κ2) is 6.30. The first-order chi connectivity index (χ1) is 10.7. The Kier molecular flexibility index (Phi) is 4.23. The highest BCUT2D eigenvalue weighted by Crippen LogP contribution is 2.19. The fraction of sp³-hybridized carbons (Fsp3) is 0.143. The minimum atomic E-state index is -0.368. The molecule has 0 aliphatic heterocycles. The Bertz CT molecular complexity index is 888. The quantitative estimate of drug-likeness (QED) is 0.793. The summed E-state index contributed by atoms with van der Waals surface area (Å²) in [7, 11) is 1.56. The highest BCUT2D eigenvalue weighted by Gasteiger charge is 2.13. The van der Waals surface area contributed by atoms with Crippen LogP contribution in [0.1, 0.15) is 14.7 Å². The lowest BCUT2D eigenvalue weighted by molar-refractivity contribution is 0.103. The summed E-state index contributed by atoms with van der Waals surface area (Å²) in [5.74, 6) is -0.368. The fourth-order valence-electron chi connectivity index (χ4n) is 1.89. The molecular weight excluding hydrogens is 322 g/mol. The molecule has 0 aliphatic carbocycles. The van der Waals surface area contributed by atoms with E-state index in [0.717, 1.165) is 16.7 Å². The molecule has 2 aromatic heterocycles. The molecule has 0 bridgehead atoms. The summed E-state index contributed by atoms with van der Waals surface area (Å²) in [5, 5.41) is 12.8. The molecule has 3 aromatic rings. The van der Waals surface area contributed by atoms with Crippen molar-refractivity contribution in [1.82, 2.24) is 10.2 Å². The second-order valence-electron chi connectivity index (χ2n) is 4.37. The van der Waals surface area contributed by atoms with E-state index in [1.165, 1.54) is 11.3 Å². The Morgan fingerprint density at radius 1 is 1.27 bits per heavy atom. The maximum atomic E-state index is 12.2.